The molecule has 0 aromatic heterocycles. The zero-order valence-corrected chi connectivity index (χ0v) is 10.7. The van der Waals surface area contributed by atoms with E-state index in [0.717, 1.165) is 6.07 Å². The van der Waals surface area contributed by atoms with Crippen LogP contribution < -0.4 is 16.0 Å². The SMILES string of the molecule is CNc1cc(Nc2ccc(F)cc2F)ccc1NC=O. The molecule has 2 rings (SSSR count). The second kappa shape index (κ2) is 6.01. The van der Waals surface area contributed by atoms with Crippen molar-refractivity contribution in [3.05, 3.63) is 48.0 Å². The Kier molecular flexibility index (Phi) is 4.14. The number of halogens is 2. The molecule has 2 aromatic carbocycles. The van der Waals surface area contributed by atoms with E-state index in [9.17, 15) is 13.6 Å². The minimum Gasteiger partial charge on any atom is -0.386 e. The largest absolute Gasteiger partial charge is 0.386 e. The van der Waals surface area contributed by atoms with Gasteiger partial charge >= 0.3 is 0 Å². The minimum atomic E-state index is -0.675. The van der Waals surface area contributed by atoms with Crippen LogP contribution >= 0.6 is 0 Å². The normalized spacial score (nSPS) is 9.95. The Bertz CT molecular complexity index is 632. The summed E-state index contributed by atoms with van der Waals surface area (Å²) in [5.74, 6) is -1.31. The summed E-state index contributed by atoms with van der Waals surface area (Å²) in [5.41, 5.74) is 2.05. The Morgan fingerprint density at radius 1 is 1.00 bits per heavy atom. The zero-order chi connectivity index (χ0) is 14.5. The number of benzene rings is 2. The van der Waals surface area contributed by atoms with E-state index in [1.54, 1.807) is 25.2 Å². The maximum atomic E-state index is 13.5. The van der Waals surface area contributed by atoms with Crippen molar-refractivity contribution in [1.29, 1.82) is 0 Å². The highest BCUT2D eigenvalue weighted by Gasteiger charge is 2.06. The van der Waals surface area contributed by atoms with Crippen LogP contribution in [0, 0.1) is 11.6 Å². The van der Waals surface area contributed by atoms with Crippen molar-refractivity contribution < 1.29 is 13.6 Å². The predicted molar refractivity (Wildman–Crippen MR) is 75.3 cm³/mol. The van der Waals surface area contributed by atoms with Gasteiger partial charge in [0.2, 0.25) is 6.41 Å². The van der Waals surface area contributed by atoms with Crippen LogP contribution in [-0.2, 0) is 4.79 Å². The fraction of sp³-hybridized carbons (Fsp3) is 0.0714. The lowest BCUT2D eigenvalue weighted by Crippen LogP contribution is -2.01. The third kappa shape index (κ3) is 3.03. The second-order valence-electron chi connectivity index (χ2n) is 4.02. The van der Waals surface area contributed by atoms with E-state index in [4.69, 9.17) is 0 Å². The Labute approximate surface area is 114 Å². The van der Waals surface area contributed by atoms with E-state index in [-0.39, 0.29) is 5.69 Å². The molecule has 0 radical (unpaired) electrons. The van der Waals surface area contributed by atoms with Gasteiger partial charge in [0.25, 0.3) is 0 Å². The summed E-state index contributed by atoms with van der Waals surface area (Å²) in [5, 5.41) is 8.30. The third-order valence-corrected chi connectivity index (χ3v) is 2.71. The average Bonchev–Trinajstić information content (AvgIpc) is 2.43. The third-order valence-electron chi connectivity index (χ3n) is 2.71. The molecule has 0 fully saturated rings. The fourth-order valence-electron chi connectivity index (χ4n) is 1.76. The number of amides is 1. The van der Waals surface area contributed by atoms with Crippen molar-refractivity contribution in [1.82, 2.24) is 0 Å². The van der Waals surface area contributed by atoms with Gasteiger partial charge < -0.3 is 16.0 Å². The molecule has 1 amide bonds. The van der Waals surface area contributed by atoms with Gasteiger partial charge in [0.05, 0.1) is 17.1 Å². The highest BCUT2D eigenvalue weighted by atomic mass is 19.1. The minimum absolute atomic E-state index is 0.171. The van der Waals surface area contributed by atoms with E-state index in [2.05, 4.69) is 16.0 Å². The Hall–Kier alpha value is -2.63. The smallest absolute Gasteiger partial charge is 0.211 e. The number of hydrogen-bond acceptors (Lipinski definition) is 3. The number of carbonyl (C=O) groups is 1. The summed E-state index contributed by atoms with van der Waals surface area (Å²) in [6.07, 6.45) is 0.572. The van der Waals surface area contributed by atoms with E-state index >= 15 is 0 Å². The first-order valence-corrected chi connectivity index (χ1v) is 5.88. The van der Waals surface area contributed by atoms with Crippen molar-refractivity contribution >= 4 is 29.2 Å². The number of carbonyl (C=O) groups excluding carboxylic acids is 1. The quantitative estimate of drug-likeness (QED) is 0.735. The molecule has 0 heterocycles. The standard InChI is InChI=1S/C14H13F2N3O/c1-17-14-7-10(3-5-13(14)18-8-20)19-12-4-2-9(15)6-11(12)16/h2-8,17,19H,1H3,(H,18,20). The molecule has 0 saturated heterocycles. The molecule has 0 atom stereocenters. The first-order chi connectivity index (χ1) is 9.63. The molecule has 0 unspecified atom stereocenters. The van der Waals surface area contributed by atoms with Crippen LogP contribution in [0.2, 0.25) is 0 Å². The maximum Gasteiger partial charge on any atom is 0.211 e. The van der Waals surface area contributed by atoms with Gasteiger partial charge in [-0.1, -0.05) is 0 Å². The van der Waals surface area contributed by atoms with Crippen LogP contribution in [0.3, 0.4) is 0 Å². The topological polar surface area (TPSA) is 53.2 Å². The molecule has 0 saturated carbocycles. The first kappa shape index (κ1) is 13.8. The highest BCUT2D eigenvalue weighted by Crippen LogP contribution is 2.28. The van der Waals surface area contributed by atoms with Gasteiger partial charge in [-0.15, -0.1) is 0 Å². The van der Waals surface area contributed by atoms with Gasteiger partial charge in [-0.25, -0.2) is 8.78 Å². The van der Waals surface area contributed by atoms with Crippen molar-refractivity contribution in [2.45, 2.75) is 0 Å². The van der Waals surface area contributed by atoms with Gasteiger partial charge in [-0.05, 0) is 30.3 Å². The average molecular weight is 277 g/mol. The molecule has 6 heteroatoms. The summed E-state index contributed by atoms with van der Waals surface area (Å²) in [7, 11) is 1.70. The molecule has 0 bridgehead atoms. The van der Waals surface area contributed by atoms with Crippen LogP contribution in [0.5, 0.6) is 0 Å². The number of nitrogens with one attached hydrogen (secondary N) is 3. The van der Waals surface area contributed by atoms with Gasteiger partial charge in [-0.3, -0.25) is 4.79 Å². The Morgan fingerprint density at radius 2 is 1.75 bits per heavy atom. The summed E-state index contributed by atoms with van der Waals surface area (Å²) < 4.78 is 26.4. The highest BCUT2D eigenvalue weighted by molar-refractivity contribution is 5.83. The molecule has 0 aliphatic heterocycles. The Balaban J connectivity index is 2.27. The van der Waals surface area contributed by atoms with E-state index < -0.39 is 11.6 Å². The molecule has 3 N–H and O–H groups in total. The van der Waals surface area contributed by atoms with Crippen LogP contribution in [0.4, 0.5) is 31.5 Å². The molecule has 0 aliphatic carbocycles. The number of hydrogen-bond donors (Lipinski definition) is 3. The predicted octanol–water partition coefficient (Wildman–Crippen LogP) is 3.32. The van der Waals surface area contributed by atoms with Crippen LogP contribution in [0.1, 0.15) is 0 Å². The molecular weight excluding hydrogens is 264 g/mol. The molecular formula is C14H13F2N3O. The molecule has 4 nitrogen and oxygen atoms in total. The Morgan fingerprint density at radius 3 is 2.40 bits per heavy atom. The summed E-state index contributed by atoms with van der Waals surface area (Å²) in [4.78, 5) is 10.5. The van der Waals surface area contributed by atoms with Crippen LogP contribution in [0.25, 0.3) is 0 Å². The van der Waals surface area contributed by atoms with Crippen molar-refractivity contribution in [3.63, 3.8) is 0 Å². The van der Waals surface area contributed by atoms with Gasteiger partial charge in [0.15, 0.2) is 0 Å². The summed E-state index contributed by atoms with van der Waals surface area (Å²) in [6.45, 7) is 0. The summed E-state index contributed by atoms with van der Waals surface area (Å²) >= 11 is 0. The van der Waals surface area contributed by atoms with Gasteiger partial charge in [-0.2, -0.15) is 0 Å². The van der Waals surface area contributed by atoms with Crippen molar-refractivity contribution in [3.8, 4) is 0 Å². The lowest BCUT2D eigenvalue weighted by molar-refractivity contribution is -0.105. The molecule has 0 spiro atoms. The monoisotopic (exact) mass is 277 g/mol. The van der Waals surface area contributed by atoms with E-state index in [0.29, 0.717) is 23.5 Å². The van der Waals surface area contributed by atoms with E-state index in [1.165, 1.54) is 12.1 Å². The lowest BCUT2D eigenvalue weighted by atomic mass is 10.2. The number of rotatable bonds is 5. The molecule has 104 valence electrons. The summed E-state index contributed by atoms with van der Waals surface area (Å²) in [6, 6.07) is 8.35. The zero-order valence-electron chi connectivity index (χ0n) is 10.7. The second-order valence-corrected chi connectivity index (χ2v) is 4.02. The maximum absolute atomic E-state index is 13.5. The molecule has 0 aliphatic rings. The van der Waals surface area contributed by atoms with Crippen LogP contribution in [-0.4, -0.2) is 13.5 Å². The van der Waals surface area contributed by atoms with Crippen molar-refractivity contribution in [2.24, 2.45) is 0 Å². The van der Waals surface area contributed by atoms with E-state index in [1.807, 2.05) is 0 Å². The van der Waals surface area contributed by atoms with Gasteiger partial charge in [0, 0.05) is 18.8 Å². The lowest BCUT2D eigenvalue weighted by Gasteiger charge is -2.12. The van der Waals surface area contributed by atoms with Crippen LogP contribution in [0.15, 0.2) is 36.4 Å². The van der Waals surface area contributed by atoms with Crippen molar-refractivity contribution in [2.75, 3.05) is 23.0 Å². The molecule has 20 heavy (non-hydrogen) atoms. The fourth-order valence-corrected chi connectivity index (χ4v) is 1.76. The van der Waals surface area contributed by atoms with Gasteiger partial charge in [0.1, 0.15) is 11.6 Å². The molecule has 2 aromatic rings. The first-order valence-electron chi connectivity index (χ1n) is 5.88. The number of anilines is 4.